The molecule has 2 aromatic rings. The number of nitrogens with one attached hydrogen (secondary N) is 1. The number of methoxy groups -OCH3 is 2. The van der Waals surface area contributed by atoms with E-state index in [1.807, 2.05) is 31.4 Å². The standard InChI is InChI=1S/C14H20N4O2/c1-10(15-8-12-9-18(2)17-16-12)11-5-6-13(19-3)14(7-11)20-4/h5-7,9-10,15H,8H2,1-4H3. The number of aromatic nitrogens is 3. The summed E-state index contributed by atoms with van der Waals surface area (Å²) in [6, 6.07) is 6.09. The summed E-state index contributed by atoms with van der Waals surface area (Å²) in [6.07, 6.45) is 1.90. The average molecular weight is 276 g/mol. The average Bonchev–Trinajstić information content (AvgIpc) is 2.89. The molecule has 0 fully saturated rings. The van der Waals surface area contributed by atoms with Crippen LogP contribution in [0.2, 0.25) is 0 Å². The van der Waals surface area contributed by atoms with E-state index < -0.39 is 0 Å². The first kappa shape index (κ1) is 14.3. The maximum absolute atomic E-state index is 5.31. The van der Waals surface area contributed by atoms with Crippen molar-refractivity contribution in [2.24, 2.45) is 7.05 Å². The van der Waals surface area contributed by atoms with Gasteiger partial charge in [-0.1, -0.05) is 11.3 Å². The third-order valence-electron chi connectivity index (χ3n) is 3.15. The Labute approximate surface area is 118 Å². The molecule has 1 N–H and O–H groups in total. The molecule has 0 saturated heterocycles. The fraction of sp³-hybridized carbons (Fsp3) is 0.429. The summed E-state index contributed by atoms with van der Waals surface area (Å²) >= 11 is 0. The molecule has 0 amide bonds. The van der Waals surface area contributed by atoms with Crippen molar-refractivity contribution in [1.82, 2.24) is 20.3 Å². The van der Waals surface area contributed by atoms with E-state index in [0.717, 1.165) is 22.8 Å². The lowest BCUT2D eigenvalue weighted by Gasteiger charge is -2.15. The second-order valence-electron chi connectivity index (χ2n) is 4.60. The number of nitrogens with zero attached hydrogens (tertiary/aromatic N) is 3. The molecule has 1 aromatic carbocycles. The molecular formula is C14H20N4O2. The van der Waals surface area contributed by atoms with Crippen LogP contribution in [0.25, 0.3) is 0 Å². The lowest BCUT2D eigenvalue weighted by atomic mass is 10.1. The zero-order valence-electron chi connectivity index (χ0n) is 12.3. The summed E-state index contributed by atoms with van der Waals surface area (Å²) < 4.78 is 12.2. The Balaban J connectivity index is 2.03. The van der Waals surface area contributed by atoms with Gasteiger partial charge in [0.2, 0.25) is 0 Å². The van der Waals surface area contributed by atoms with Crippen molar-refractivity contribution in [2.45, 2.75) is 19.5 Å². The SMILES string of the molecule is COc1ccc(C(C)NCc2cn(C)nn2)cc1OC. The van der Waals surface area contributed by atoms with Crippen LogP contribution in [-0.2, 0) is 13.6 Å². The van der Waals surface area contributed by atoms with Crippen molar-refractivity contribution < 1.29 is 9.47 Å². The summed E-state index contributed by atoms with van der Waals surface area (Å²) in [5.74, 6) is 1.47. The summed E-state index contributed by atoms with van der Waals surface area (Å²) in [7, 11) is 5.13. The van der Waals surface area contributed by atoms with Gasteiger partial charge < -0.3 is 14.8 Å². The van der Waals surface area contributed by atoms with Gasteiger partial charge >= 0.3 is 0 Å². The first-order chi connectivity index (χ1) is 9.63. The molecule has 1 aromatic heterocycles. The predicted octanol–water partition coefficient (Wildman–Crippen LogP) is 1.68. The summed E-state index contributed by atoms with van der Waals surface area (Å²) in [4.78, 5) is 0. The highest BCUT2D eigenvalue weighted by Crippen LogP contribution is 2.29. The molecule has 0 aliphatic carbocycles. The molecule has 1 unspecified atom stereocenters. The minimum absolute atomic E-state index is 0.178. The molecule has 108 valence electrons. The quantitative estimate of drug-likeness (QED) is 0.870. The van der Waals surface area contributed by atoms with Crippen molar-refractivity contribution in [3.8, 4) is 11.5 Å². The molecule has 1 heterocycles. The maximum atomic E-state index is 5.31. The zero-order valence-corrected chi connectivity index (χ0v) is 12.3. The fourth-order valence-electron chi connectivity index (χ4n) is 1.97. The van der Waals surface area contributed by atoms with Crippen molar-refractivity contribution >= 4 is 0 Å². The van der Waals surface area contributed by atoms with Crippen LogP contribution in [0.5, 0.6) is 11.5 Å². The fourth-order valence-corrected chi connectivity index (χ4v) is 1.97. The van der Waals surface area contributed by atoms with Crippen LogP contribution in [0.15, 0.2) is 24.4 Å². The number of benzene rings is 1. The molecule has 0 radical (unpaired) electrons. The van der Waals surface area contributed by atoms with E-state index in [-0.39, 0.29) is 6.04 Å². The monoisotopic (exact) mass is 276 g/mol. The topological polar surface area (TPSA) is 61.2 Å². The Hall–Kier alpha value is -2.08. The normalized spacial score (nSPS) is 12.2. The Kier molecular flexibility index (Phi) is 4.57. The van der Waals surface area contributed by atoms with Gasteiger partial charge in [-0.05, 0) is 24.6 Å². The predicted molar refractivity (Wildman–Crippen MR) is 75.8 cm³/mol. The minimum atomic E-state index is 0.178. The van der Waals surface area contributed by atoms with Gasteiger partial charge in [0.05, 0.1) is 19.9 Å². The summed E-state index contributed by atoms with van der Waals surface area (Å²) in [5.41, 5.74) is 2.05. The van der Waals surface area contributed by atoms with Gasteiger partial charge in [0, 0.05) is 25.8 Å². The smallest absolute Gasteiger partial charge is 0.161 e. The maximum Gasteiger partial charge on any atom is 0.161 e. The van der Waals surface area contributed by atoms with Crippen molar-refractivity contribution in [2.75, 3.05) is 14.2 Å². The highest BCUT2D eigenvalue weighted by Gasteiger charge is 2.10. The van der Waals surface area contributed by atoms with Crippen LogP contribution in [-0.4, -0.2) is 29.2 Å². The summed E-state index contributed by atoms with van der Waals surface area (Å²) in [6.45, 7) is 2.76. The van der Waals surface area contributed by atoms with Crippen molar-refractivity contribution in [1.29, 1.82) is 0 Å². The van der Waals surface area contributed by atoms with E-state index in [1.165, 1.54) is 0 Å². The Bertz CT molecular complexity index is 568. The third-order valence-corrected chi connectivity index (χ3v) is 3.15. The number of hydrogen-bond donors (Lipinski definition) is 1. The van der Waals surface area contributed by atoms with Gasteiger partial charge in [-0.3, -0.25) is 4.68 Å². The van der Waals surface area contributed by atoms with Crippen LogP contribution in [0.1, 0.15) is 24.2 Å². The molecule has 20 heavy (non-hydrogen) atoms. The van der Waals surface area contributed by atoms with Gasteiger partial charge in [-0.2, -0.15) is 0 Å². The first-order valence-electron chi connectivity index (χ1n) is 6.44. The summed E-state index contributed by atoms with van der Waals surface area (Å²) in [5, 5.41) is 11.4. The Morgan fingerprint density at radius 3 is 2.60 bits per heavy atom. The van der Waals surface area contributed by atoms with E-state index >= 15 is 0 Å². The van der Waals surface area contributed by atoms with Gasteiger partial charge in [0.15, 0.2) is 11.5 Å². The molecule has 6 nitrogen and oxygen atoms in total. The van der Waals surface area contributed by atoms with Gasteiger partial charge in [0.25, 0.3) is 0 Å². The van der Waals surface area contributed by atoms with Gasteiger partial charge in [0.1, 0.15) is 0 Å². The van der Waals surface area contributed by atoms with Crippen LogP contribution in [0.4, 0.5) is 0 Å². The molecule has 6 heteroatoms. The van der Waals surface area contributed by atoms with Crippen molar-refractivity contribution in [3.63, 3.8) is 0 Å². The number of ether oxygens (including phenoxy) is 2. The molecule has 0 spiro atoms. The Morgan fingerprint density at radius 2 is 2.00 bits per heavy atom. The van der Waals surface area contributed by atoms with Crippen LogP contribution < -0.4 is 14.8 Å². The molecule has 0 saturated carbocycles. The lowest BCUT2D eigenvalue weighted by molar-refractivity contribution is 0.354. The van der Waals surface area contributed by atoms with Crippen LogP contribution >= 0.6 is 0 Å². The molecule has 0 bridgehead atoms. The highest BCUT2D eigenvalue weighted by molar-refractivity contribution is 5.43. The van der Waals surface area contributed by atoms with Gasteiger partial charge in [-0.15, -0.1) is 5.10 Å². The van der Waals surface area contributed by atoms with Gasteiger partial charge in [-0.25, -0.2) is 0 Å². The van der Waals surface area contributed by atoms with E-state index in [0.29, 0.717) is 6.54 Å². The van der Waals surface area contributed by atoms with Crippen LogP contribution in [0, 0.1) is 0 Å². The van der Waals surface area contributed by atoms with E-state index in [1.54, 1.807) is 18.9 Å². The lowest BCUT2D eigenvalue weighted by Crippen LogP contribution is -2.18. The largest absolute Gasteiger partial charge is 0.493 e. The molecule has 1 atom stereocenters. The van der Waals surface area contributed by atoms with Crippen LogP contribution in [0.3, 0.4) is 0 Å². The second kappa shape index (κ2) is 6.38. The molecular weight excluding hydrogens is 256 g/mol. The van der Waals surface area contributed by atoms with E-state index in [9.17, 15) is 0 Å². The number of rotatable bonds is 6. The number of hydrogen-bond acceptors (Lipinski definition) is 5. The van der Waals surface area contributed by atoms with Crippen molar-refractivity contribution in [3.05, 3.63) is 35.7 Å². The number of aryl methyl sites for hydroxylation is 1. The second-order valence-corrected chi connectivity index (χ2v) is 4.60. The zero-order chi connectivity index (χ0) is 14.5. The first-order valence-corrected chi connectivity index (χ1v) is 6.44. The molecule has 0 aliphatic rings. The Morgan fingerprint density at radius 1 is 1.25 bits per heavy atom. The minimum Gasteiger partial charge on any atom is -0.493 e. The van der Waals surface area contributed by atoms with E-state index in [4.69, 9.17) is 9.47 Å². The molecule has 2 rings (SSSR count). The van der Waals surface area contributed by atoms with E-state index in [2.05, 4.69) is 22.6 Å². The third kappa shape index (κ3) is 3.27. The molecule has 0 aliphatic heterocycles. The highest BCUT2D eigenvalue weighted by atomic mass is 16.5.